The second kappa shape index (κ2) is 4.97. The van der Waals surface area contributed by atoms with Gasteiger partial charge in [-0.3, -0.25) is 10.1 Å². The molecule has 0 aliphatic carbocycles. The quantitative estimate of drug-likeness (QED) is 0.636. The molecule has 2 aromatic rings. The Morgan fingerprint density at radius 1 is 1.44 bits per heavy atom. The average molecular weight is 246 g/mol. The number of nitrogens with one attached hydrogen (secondary N) is 1. The van der Waals surface area contributed by atoms with Crippen LogP contribution in [-0.4, -0.2) is 14.9 Å². The van der Waals surface area contributed by atoms with Crippen LogP contribution in [0, 0.1) is 10.1 Å². The predicted molar refractivity (Wildman–Crippen MR) is 67.1 cm³/mol. The number of hydrogen-bond donors (Lipinski definition) is 2. The van der Waals surface area contributed by atoms with Crippen LogP contribution < -0.4 is 5.73 Å². The largest absolute Gasteiger partial charge is 0.344 e. The molecule has 94 valence electrons. The lowest BCUT2D eigenvalue weighted by Gasteiger charge is -2.00. The maximum Gasteiger partial charge on any atom is 0.269 e. The van der Waals surface area contributed by atoms with Crippen molar-refractivity contribution in [3.05, 3.63) is 57.7 Å². The van der Waals surface area contributed by atoms with Gasteiger partial charge in [0.15, 0.2) is 0 Å². The Morgan fingerprint density at radius 3 is 2.61 bits per heavy atom. The van der Waals surface area contributed by atoms with Crippen LogP contribution in [0.2, 0.25) is 0 Å². The molecule has 0 saturated carbocycles. The molecule has 3 N–H and O–H groups in total. The summed E-state index contributed by atoms with van der Waals surface area (Å²) in [5.41, 5.74) is 7.66. The van der Waals surface area contributed by atoms with Crippen molar-refractivity contribution in [1.29, 1.82) is 0 Å². The second-order valence-electron chi connectivity index (χ2n) is 4.17. The van der Waals surface area contributed by atoms with Gasteiger partial charge in [-0.05, 0) is 12.5 Å². The highest BCUT2D eigenvalue weighted by atomic mass is 16.6. The molecule has 2 rings (SSSR count). The third-order valence-corrected chi connectivity index (χ3v) is 2.66. The van der Waals surface area contributed by atoms with Gasteiger partial charge in [-0.1, -0.05) is 12.1 Å². The molecular weight excluding hydrogens is 232 g/mol. The Balaban J connectivity index is 2.10. The van der Waals surface area contributed by atoms with E-state index in [1.165, 1.54) is 12.1 Å². The topological polar surface area (TPSA) is 97.8 Å². The number of non-ortho nitro benzene ring substituents is 1. The van der Waals surface area contributed by atoms with Gasteiger partial charge < -0.3 is 10.7 Å². The van der Waals surface area contributed by atoms with E-state index in [0.717, 1.165) is 17.1 Å². The second-order valence-corrected chi connectivity index (χ2v) is 4.17. The Labute approximate surface area is 104 Å². The Kier molecular flexibility index (Phi) is 3.38. The van der Waals surface area contributed by atoms with E-state index < -0.39 is 4.92 Å². The monoisotopic (exact) mass is 246 g/mol. The number of nitrogens with two attached hydrogens (primary N) is 1. The molecule has 18 heavy (non-hydrogen) atoms. The van der Waals surface area contributed by atoms with Crippen molar-refractivity contribution in [3.8, 4) is 0 Å². The molecule has 1 aromatic carbocycles. The lowest BCUT2D eigenvalue weighted by atomic mass is 10.1. The van der Waals surface area contributed by atoms with Gasteiger partial charge in [-0.2, -0.15) is 0 Å². The van der Waals surface area contributed by atoms with Crippen molar-refractivity contribution in [2.24, 2.45) is 5.73 Å². The van der Waals surface area contributed by atoms with Crippen LogP contribution in [-0.2, 0) is 6.42 Å². The number of aromatic nitrogens is 2. The first-order valence-corrected chi connectivity index (χ1v) is 5.59. The van der Waals surface area contributed by atoms with Gasteiger partial charge in [0.25, 0.3) is 5.69 Å². The van der Waals surface area contributed by atoms with Crippen LogP contribution in [0.5, 0.6) is 0 Å². The third-order valence-electron chi connectivity index (χ3n) is 2.66. The van der Waals surface area contributed by atoms with Crippen molar-refractivity contribution >= 4 is 5.69 Å². The molecule has 6 heteroatoms. The molecule has 1 atom stereocenters. The van der Waals surface area contributed by atoms with Crippen LogP contribution >= 0.6 is 0 Å². The maximum atomic E-state index is 10.5. The molecule has 1 unspecified atom stereocenters. The first kappa shape index (κ1) is 12.3. The highest BCUT2D eigenvalue weighted by Crippen LogP contribution is 2.14. The summed E-state index contributed by atoms with van der Waals surface area (Å²) in [5, 5.41) is 10.5. The number of hydrogen-bond acceptors (Lipinski definition) is 4. The van der Waals surface area contributed by atoms with Crippen molar-refractivity contribution < 1.29 is 4.92 Å². The summed E-state index contributed by atoms with van der Waals surface area (Å²) in [6, 6.07) is 6.36. The Hall–Kier alpha value is -2.21. The zero-order valence-electron chi connectivity index (χ0n) is 9.96. The van der Waals surface area contributed by atoms with E-state index in [2.05, 4.69) is 9.97 Å². The maximum absolute atomic E-state index is 10.5. The predicted octanol–water partition coefficient (Wildman–Crippen LogP) is 1.93. The molecule has 6 nitrogen and oxygen atoms in total. The summed E-state index contributed by atoms with van der Waals surface area (Å²) >= 11 is 0. The SMILES string of the molecule is CC(N)c1cnc(Cc2ccc([N+](=O)[O-])cc2)[nH]1. The first-order chi connectivity index (χ1) is 8.56. The highest BCUT2D eigenvalue weighted by Gasteiger charge is 2.07. The fourth-order valence-corrected chi connectivity index (χ4v) is 1.63. The number of benzene rings is 1. The molecule has 0 spiro atoms. The lowest BCUT2D eigenvalue weighted by molar-refractivity contribution is -0.384. The number of H-pyrrole nitrogens is 1. The minimum atomic E-state index is -0.412. The molecule has 0 fully saturated rings. The van der Waals surface area contributed by atoms with Gasteiger partial charge >= 0.3 is 0 Å². The van der Waals surface area contributed by atoms with E-state index in [4.69, 9.17) is 5.73 Å². The standard InChI is InChI=1S/C12H14N4O2/c1-8(13)11-7-14-12(15-11)6-9-2-4-10(5-3-9)16(17)18/h2-5,7-8H,6,13H2,1H3,(H,14,15). The van der Waals surface area contributed by atoms with Crippen LogP contribution in [0.3, 0.4) is 0 Å². The molecule has 0 aliphatic heterocycles. The zero-order chi connectivity index (χ0) is 13.1. The normalized spacial score (nSPS) is 12.3. The van der Waals surface area contributed by atoms with Gasteiger partial charge in [0.2, 0.25) is 0 Å². The molecule has 0 saturated heterocycles. The van der Waals surface area contributed by atoms with Gasteiger partial charge in [-0.15, -0.1) is 0 Å². The Bertz CT molecular complexity index is 545. The van der Waals surface area contributed by atoms with Crippen molar-refractivity contribution in [2.45, 2.75) is 19.4 Å². The summed E-state index contributed by atoms with van der Waals surface area (Å²) in [7, 11) is 0. The lowest BCUT2D eigenvalue weighted by Crippen LogP contribution is -2.05. The zero-order valence-corrected chi connectivity index (χ0v) is 9.96. The third kappa shape index (κ3) is 2.72. The van der Waals surface area contributed by atoms with E-state index in [1.807, 2.05) is 6.92 Å². The van der Waals surface area contributed by atoms with Gasteiger partial charge in [0.1, 0.15) is 5.82 Å². The summed E-state index contributed by atoms with van der Waals surface area (Å²) in [6.07, 6.45) is 2.32. The molecule has 0 amide bonds. The minimum Gasteiger partial charge on any atom is -0.344 e. The van der Waals surface area contributed by atoms with E-state index in [9.17, 15) is 10.1 Å². The van der Waals surface area contributed by atoms with Crippen molar-refractivity contribution in [3.63, 3.8) is 0 Å². The number of aromatic amines is 1. The summed E-state index contributed by atoms with van der Waals surface area (Å²) in [6.45, 7) is 1.88. The molecule has 0 bridgehead atoms. The molecule has 0 aliphatic rings. The summed E-state index contributed by atoms with van der Waals surface area (Å²) in [4.78, 5) is 17.5. The van der Waals surface area contributed by atoms with Crippen LogP contribution in [0.25, 0.3) is 0 Å². The molecule has 0 radical (unpaired) electrons. The number of nitro groups is 1. The molecular formula is C12H14N4O2. The van der Waals surface area contributed by atoms with E-state index in [0.29, 0.717) is 6.42 Å². The number of imidazole rings is 1. The van der Waals surface area contributed by atoms with Gasteiger partial charge in [-0.25, -0.2) is 4.98 Å². The van der Waals surface area contributed by atoms with Gasteiger partial charge in [0.05, 0.1) is 10.6 Å². The number of rotatable bonds is 4. The number of nitrogens with zero attached hydrogens (tertiary/aromatic N) is 2. The van der Waals surface area contributed by atoms with E-state index in [-0.39, 0.29) is 11.7 Å². The number of nitro benzene ring substituents is 1. The molecule has 1 heterocycles. The molecule has 1 aromatic heterocycles. The van der Waals surface area contributed by atoms with Gasteiger partial charge in [0, 0.05) is 30.8 Å². The fourth-order valence-electron chi connectivity index (χ4n) is 1.63. The van der Waals surface area contributed by atoms with Crippen molar-refractivity contribution in [2.75, 3.05) is 0 Å². The Morgan fingerprint density at radius 2 is 2.11 bits per heavy atom. The van der Waals surface area contributed by atoms with E-state index in [1.54, 1.807) is 18.3 Å². The van der Waals surface area contributed by atoms with Crippen LogP contribution in [0.4, 0.5) is 5.69 Å². The smallest absolute Gasteiger partial charge is 0.269 e. The van der Waals surface area contributed by atoms with Crippen LogP contribution in [0.15, 0.2) is 30.5 Å². The highest BCUT2D eigenvalue weighted by molar-refractivity contribution is 5.34. The minimum absolute atomic E-state index is 0.0805. The van der Waals surface area contributed by atoms with E-state index >= 15 is 0 Å². The summed E-state index contributed by atoms with van der Waals surface area (Å²) < 4.78 is 0. The summed E-state index contributed by atoms with van der Waals surface area (Å²) in [5.74, 6) is 0.802. The van der Waals surface area contributed by atoms with Crippen molar-refractivity contribution in [1.82, 2.24) is 9.97 Å². The van der Waals surface area contributed by atoms with Crippen LogP contribution in [0.1, 0.15) is 30.0 Å². The average Bonchev–Trinajstić information content (AvgIpc) is 2.78. The first-order valence-electron chi connectivity index (χ1n) is 5.59. The fraction of sp³-hybridized carbons (Fsp3) is 0.250.